The van der Waals surface area contributed by atoms with Crippen LogP contribution in [0.15, 0.2) is 12.1 Å². The molecule has 0 aromatic heterocycles. The predicted molar refractivity (Wildman–Crippen MR) is 102 cm³/mol. The SMILES string of the molecule is CCN(CC)C(=O)C1CCN(CCC(=O)c2cc(O)c(O)c([N+](=O)[O-])c2)CC1. The topological polar surface area (TPSA) is 124 Å². The van der Waals surface area contributed by atoms with Crippen molar-refractivity contribution in [2.75, 3.05) is 32.7 Å². The first-order valence-corrected chi connectivity index (χ1v) is 9.53. The first kappa shape index (κ1) is 21.6. The van der Waals surface area contributed by atoms with Crippen LogP contribution in [0, 0.1) is 16.0 Å². The van der Waals surface area contributed by atoms with Gasteiger partial charge in [0.2, 0.25) is 11.7 Å². The monoisotopic (exact) mass is 393 g/mol. The van der Waals surface area contributed by atoms with Gasteiger partial charge in [-0.05, 0) is 45.8 Å². The van der Waals surface area contributed by atoms with Crippen LogP contribution in [0.3, 0.4) is 0 Å². The third-order valence-electron chi connectivity index (χ3n) is 5.26. The maximum Gasteiger partial charge on any atom is 0.315 e. The molecule has 0 saturated carbocycles. The number of carbonyl (C=O) groups excluding carboxylic acids is 2. The highest BCUT2D eigenvalue weighted by molar-refractivity contribution is 5.97. The number of hydrogen-bond donors (Lipinski definition) is 2. The summed E-state index contributed by atoms with van der Waals surface area (Å²) in [6, 6.07) is 2.02. The molecule has 28 heavy (non-hydrogen) atoms. The molecule has 154 valence electrons. The number of piperidine rings is 1. The number of phenolic OH excluding ortho intramolecular Hbond substituents is 2. The average Bonchev–Trinajstić information content (AvgIpc) is 2.69. The number of benzene rings is 1. The fourth-order valence-electron chi connectivity index (χ4n) is 3.51. The second-order valence-corrected chi connectivity index (χ2v) is 6.92. The summed E-state index contributed by atoms with van der Waals surface area (Å²) >= 11 is 0. The van der Waals surface area contributed by atoms with E-state index in [1.807, 2.05) is 18.7 Å². The third-order valence-corrected chi connectivity index (χ3v) is 5.26. The largest absolute Gasteiger partial charge is 0.504 e. The maximum atomic E-state index is 12.4. The van der Waals surface area contributed by atoms with Gasteiger partial charge in [0.1, 0.15) is 0 Å². The van der Waals surface area contributed by atoms with E-state index < -0.39 is 22.1 Å². The van der Waals surface area contributed by atoms with Crippen LogP contribution in [0.2, 0.25) is 0 Å². The molecule has 0 bridgehead atoms. The molecule has 9 nitrogen and oxygen atoms in total. The lowest BCUT2D eigenvalue weighted by atomic mass is 9.95. The normalized spacial score (nSPS) is 15.4. The third kappa shape index (κ3) is 4.98. The Morgan fingerprint density at radius 3 is 2.36 bits per heavy atom. The van der Waals surface area contributed by atoms with E-state index in [1.54, 1.807) is 0 Å². The van der Waals surface area contributed by atoms with E-state index in [0.29, 0.717) is 32.7 Å². The van der Waals surface area contributed by atoms with Gasteiger partial charge in [0.15, 0.2) is 11.5 Å². The van der Waals surface area contributed by atoms with Gasteiger partial charge in [-0.2, -0.15) is 0 Å². The number of rotatable bonds is 8. The molecule has 0 spiro atoms. The molecule has 0 radical (unpaired) electrons. The number of amides is 1. The smallest absolute Gasteiger partial charge is 0.315 e. The van der Waals surface area contributed by atoms with Gasteiger partial charge in [0.05, 0.1) is 4.92 Å². The average molecular weight is 393 g/mol. The molecule has 9 heteroatoms. The number of nitro groups is 1. The molecular formula is C19H27N3O6. The Morgan fingerprint density at radius 2 is 1.82 bits per heavy atom. The molecule has 1 aromatic rings. The minimum Gasteiger partial charge on any atom is -0.504 e. The van der Waals surface area contributed by atoms with E-state index in [1.165, 1.54) is 0 Å². The Kier molecular flexibility index (Phi) is 7.33. The van der Waals surface area contributed by atoms with Gasteiger partial charge < -0.3 is 20.0 Å². The number of ketones is 1. The van der Waals surface area contributed by atoms with E-state index in [2.05, 4.69) is 4.90 Å². The van der Waals surface area contributed by atoms with Crippen LogP contribution in [0.5, 0.6) is 11.5 Å². The number of aromatic hydroxyl groups is 2. The standard InChI is InChI=1S/C19H27N3O6/c1-3-21(4-2)19(26)13-5-8-20(9-6-13)10-7-16(23)14-11-15(22(27)28)18(25)17(24)12-14/h11-13,24-25H,3-10H2,1-2H3. The number of carbonyl (C=O) groups is 2. The van der Waals surface area contributed by atoms with E-state index >= 15 is 0 Å². The molecule has 1 heterocycles. The molecule has 1 aromatic carbocycles. The highest BCUT2D eigenvalue weighted by atomic mass is 16.6. The number of Topliss-reactive ketones (excluding diaryl/α,β-unsaturated/α-hetero) is 1. The van der Waals surface area contributed by atoms with Gasteiger partial charge in [-0.1, -0.05) is 0 Å². The molecule has 1 saturated heterocycles. The lowest BCUT2D eigenvalue weighted by Gasteiger charge is -2.33. The Labute approximate surface area is 163 Å². The van der Waals surface area contributed by atoms with Crippen molar-refractivity contribution in [1.29, 1.82) is 0 Å². The first-order chi connectivity index (χ1) is 13.3. The minimum atomic E-state index is -0.846. The van der Waals surface area contributed by atoms with Crippen molar-refractivity contribution in [3.8, 4) is 11.5 Å². The van der Waals surface area contributed by atoms with Crippen molar-refractivity contribution in [2.24, 2.45) is 5.92 Å². The van der Waals surface area contributed by atoms with Crippen molar-refractivity contribution < 1.29 is 24.7 Å². The molecular weight excluding hydrogens is 366 g/mol. The minimum absolute atomic E-state index is 0.00593. The van der Waals surface area contributed by atoms with Crippen molar-refractivity contribution in [1.82, 2.24) is 9.80 Å². The van der Waals surface area contributed by atoms with Crippen molar-refractivity contribution in [3.63, 3.8) is 0 Å². The van der Waals surface area contributed by atoms with Crippen LogP contribution in [0.25, 0.3) is 0 Å². The summed E-state index contributed by atoms with van der Waals surface area (Å²) in [5, 5.41) is 30.0. The summed E-state index contributed by atoms with van der Waals surface area (Å²) in [6.45, 7) is 7.24. The van der Waals surface area contributed by atoms with E-state index in [9.17, 15) is 29.9 Å². The second-order valence-electron chi connectivity index (χ2n) is 6.92. The predicted octanol–water partition coefficient (Wildman–Crippen LogP) is 2.16. The summed E-state index contributed by atoms with van der Waals surface area (Å²) in [7, 11) is 0. The lowest BCUT2D eigenvalue weighted by molar-refractivity contribution is -0.386. The Balaban J connectivity index is 1.90. The maximum absolute atomic E-state index is 12.4. The van der Waals surface area contributed by atoms with Gasteiger partial charge >= 0.3 is 5.69 Å². The molecule has 0 atom stereocenters. The second kappa shape index (κ2) is 9.50. The molecule has 1 fully saturated rings. The number of phenols is 2. The molecule has 2 N–H and O–H groups in total. The summed E-state index contributed by atoms with van der Waals surface area (Å²) in [5.41, 5.74) is -0.701. The van der Waals surface area contributed by atoms with Crippen LogP contribution in [0.1, 0.15) is 43.5 Å². The number of hydrogen-bond acceptors (Lipinski definition) is 7. The number of nitrogens with zero attached hydrogens (tertiary/aromatic N) is 3. The van der Waals surface area contributed by atoms with Crippen LogP contribution < -0.4 is 0 Å². The zero-order chi connectivity index (χ0) is 20.8. The molecule has 1 aliphatic heterocycles. The van der Waals surface area contributed by atoms with Gasteiger partial charge in [-0.3, -0.25) is 19.7 Å². The Morgan fingerprint density at radius 1 is 1.21 bits per heavy atom. The summed E-state index contributed by atoms with van der Waals surface area (Å²) in [5.74, 6) is -1.68. The highest BCUT2D eigenvalue weighted by Crippen LogP contribution is 2.36. The fourth-order valence-corrected chi connectivity index (χ4v) is 3.51. The van der Waals surface area contributed by atoms with Crippen LogP contribution in [-0.2, 0) is 4.79 Å². The highest BCUT2D eigenvalue weighted by Gasteiger charge is 2.28. The molecule has 1 amide bonds. The van der Waals surface area contributed by atoms with Gasteiger partial charge in [-0.25, -0.2) is 0 Å². The quantitative estimate of drug-likeness (QED) is 0.300. The molecule has 0 aliphatic carbocycles. The van der Waals surface area contributed by atoms with E-state index in [-0.39, 0.29) is 29.6 Å². The van der Waals surface area contributed by atoms with Crippen molar-refractivity contribution >= 4 is 17.4 Å². The van der Waals surface area contributed by atoms with Gasteiger partial charge in [-0.15, -0.1) is 0 Å². The first-order valence-electron chi connectivity index (χ1n) is 9.53. The fraction of sp³-hybridized carbons (Fsp3) is 0.579. The van der Waals surface area contributed by atoms with E-state index in [4.69, 9.17) is 0 Å². The van der Waals surface area contributed by atoms with Crippen LogP contribution in [-0.4, -0.2) is 69.4 Å². The van der Waals surface area contributed by atoms with Crippen LogP contribution in [0.4, 0.5) is 5.69 Å². The van der Waals surface area contributed by atoms with Crippen LogP contribution >= 0.6 is 0 Å². The summed E-state index contributed by atoms with van der Waals surface area (Å²) in [6.07, 6.45) is 1.63. The van der Waals surface area contributed by atoms with Gasteiger partial charge in [0.25, 0.3) is 0 Å². The molecule has 0 unspecified atom stereocenters. The zero-order valence-electron chi connectivity index (χ0n) is 16.3. The van der Waals surface area contributed by atoms with Crippen molar-refractivity contribution in [2.45, 2.75) is 33.1 Å². The Bertz CT molecular complexity index is 739. The molecule has 1 aliphatic rings. The van der Waals surface area contributed by atoms with E-state index in [0.717, 1.165) is 25.0 Å². The zero-order valence-corrected chi connectivity index (χ0v) is 16.3. The Hall–Kier alpha value is -2.68. The lowest BCUT2D eigenvalue weighted by Crippen LogP contribution is -2.42. The number of nitro benzene ring substituents is 1. The summed E-state index contributed by atoms with van der Waals surface area (Å²) < 4.78 is 0. The number of likely N-dealkylation sites (tertiary alicyclic amines) is 1. The van der Waals surface area contributed by atoms with Gasteiger partial charge in [0, 0.05) is 43.6 Å². The van der Waals surface area contributed by atoms with Crippen molar-refractivity contribution in [3.05, 3.63) is 27.8 Å². The molecule has 2 rings (SSSR count). The summed E-state index contributed by atoms with van der Waals surface area (Å²) in [4.78, 5) is 38.8.